The summed E-state index contributed by atoms with van der Waals surface area (Å²) < 4.78 is 18.2. The lowest BCUT2D eigenvalue weighted by molar-refractivity contribution is 0.663. The normalized spacial score (nSPS) is 12.1. The molecule has 4 nitrogen and oxygen atoms in total. The first kappa shape index (κ1) is 31.4. The molecule has 0 spiro atoms. The first-order valence-electron chi connectivity index (χ1n) is 19.8. The Balaban J connectivity index is 0.955. The van der Waals surface area contributed by atoms with E-state index in [2.05, 4.69) is 203 Å². The van der Waals surface area contributed by atoms with Crippen molar-refractivity contribution < 1.29 is 8.83 Å². The predicted molar refractivity (Wildman–Crippen MR) is 241 cm³/mol. The molecule has 4 heterocycles. The number of fused-ring (bicyclic) bond motifs is 13. The van der Waals surface area contributed by atoms with E-state index in [1.807, 2.05) is 0 Å². The molecule has 4 heteroatoms. The van der Waals surface area contributed by atoms with Crippen LogP contribution in [0.2, 0.25) is 0 Å². The van der Waals surface area contributed by atoms with Gasteiger partial charge in [0.1, 0.15) is 22.3 Å². The average molecular weight is 741 g/mol. The highest BCUT2D eigenvalue weighted by Crippen LogP contribution is 2.44. The van der Waals surface area contributed by atoms with Gasteiger partial charge >= 0.3 is 0 Å². The van der Waals surface area contributed by atoms with Crippen molar-refractivity contribution in [2.45, 2.75) is 0 Å². The van der Waals surface area contributed by atoms with Gasteiger partial charge in [0, 0.05) is 54.6 Å². The number of benzene rings is 9. The van der Waals surface area contributed by atoms with Crippen LogP contribution in [-0.2, 0) is 0 Å². The van der Waals surface area contributed by atoms with E-state index in [1.165, 1.54) is 49.2 Å². The number of nitrogens with zero attached hydrogens (tertiary/aromatic N) is 2. The van der Waals surface area contributed by atoms with E-state index in [0.717, 1.165) is 71.9 Å². The zero-order valence-corrected chi connectivity index (χ0v) is 31.2. The molecule has 0 N–H and O–H groups in total. The molecule has 0 aliphatic rings. The zero-order valence-electron chi connectivity index (χ0n) is 31.2. The summed E-state index contributed by atoms with van der Waals surface area (Å²) in [6.45, 7) is 0. The molecule has 0 bridgehead atoms. The van der Waals surface area contributed by atoms with Crippen molar-refractivity contribution in [3.63, 3.8) is 0 Å². The highest BCUT2D eigenvalue weighted by Gasteiger charge is 2.21. The highest BCUT2D eigenvalue weighted by atomic mass is 16.3. The van der Waals surface area contributed by atoms with Gasteiger partial charge in [-0.1, -0.05) is 109 Å². The van der Waals surface area contributed by atoms with Crippen LogP contribution in [0.5, 0.6) is 0 Å². The molecule has 0 aliphatic heterocycles. The second kappa shape index (κ2) is 11.8. The van der Waals surface area contributed by atoms with E-state index in [-0.39, 0.29) is 0 Å². The minimum Gasteiger partial charge on any atom is -0.455 e. The fraction of sp³-hybridized carbons (Fsp3) is 0. The minimum absolute atomic E-state index is 0.816. The lowest BCUT2D eigenvalue weighted by atomic mass is 9.99. The molecular weight excluding hydrogens is 709 g/mol. The smallest absolute Gasteiger partial charge is 0.147 e. The molecule has 13 rings (SSSR count). The monoisotopic (exact) mass is 740 g/mol. The lowest BCUT2D eigenvalue weighted by Crippen LogP contribution is -1.92. The van der Waals surface area contributed by atoms with E-state index < -0.39 is 0 Å². The van der Waals surface area contributed by atoms with Gasteiger partial charge in [-0.05, 0) is 102 Å². The average Bonchev–Trinajstić information content (AvgIpc) is 4.04. The van der Waals surface area contributed by atoms with Crippen LogP contribution in [0.1, 0.15) is 0 Å². The molecule has 58 heavy (non-hydrogen) atoms. The zero-order chi connectivity index (χ0) is 37.9. The Hall–Kier alpha value is -7.82. The molecule has 0 aliphatic carbocycles. The third-order valence-corrected chi connectivity index (χ3v) is 12.1. The molecule has 0 radical (unpaired) electrons. The molecule has 0 fully saturated rings. The number of aromatic nitrogens is 2. The third kappa shape index (κ3) is 4.40. The summed E-state index contributed by atoms with van der Waals surface area (Å²) in [6.07, 6.45) is 0. The predicted octanol–water partition coefficient (Wildman–Crippen LogP) is 15.0. The maximum atomic E-state index is 6.75. The molecule has 0 saturated heterocycles. The van der Waals surface area contributed by atoms with E-state index in [9.17, 15) is 0 Å². The summed E-state index contributed by atoms with van der Waals surface area (Å²) >= 11 is 0. The Morgan fingerprint density at radius 2 is 0.793 bits per heavy atom. The van der Waals surface area contributed by atoms with E-state index >= 15 is 0 Å². The van der Waals surface area contributed by atoms with Crippen molar-refractivity contribution >= 4 is 87.5 Å². The first-order valence-corrected chi connectivity index (χ1v) is 19.8. The Kier molecular flexibility index (Phi) is 6.41. The van der Waals surface area contributed by atoms with Crippen molar-refractivity contribution in [2.24, 2.45) is 0 Å². The molecule has 0 amide bonds. The standard InChI is InChI=1S/C54H32N2O2/c1-3-12-36(13-4-1)55-46-20-9-7-16-39(46)43-30-33(22-26-48(43)55)34-24-28-50-45(31-34)41-25-29-51-52(54(41)57-50)42-19-11-18-38(53(42)58-51)35-23-27-49-44(32-35)40-17-8-10-21-47(40)56(49)37-14-5-2-6-15-37/h1-32H. The summed E-state index contributed by atoms with van der Waals surface area (Å²) in [5.74, 6) is 0. The fourth-order valence-electron chi connectivity index (χ4n) is 9.53. The van der Waals surface area contributed by atoms with E-state index in [0.29, 0.717) is 0 Å². The van der Waals surface area contributed by atoms with Crippen molar-refractivity contribution in [2.75, 3.05) is 0 Å². The molecule has 4 aromatic heterocycles. The van der Waals surface area contributed by atoms with Crippen molar-refractivity contribution in [3.05, 3.63) is 194 Å². The van der Waals surface area contributed by atoms with Gasteiger partial charge in [-0.2, -0.15) is 0 Å². The van der Waals surface area contributed by atoms with Gasteiger partial charge in [0.05, 0.1) is 27.5 Å². The Morgan fingerprint density at radius 3 is 1.47 bits per heavy atom. The van der Waals surface area contributed by atoms with Gasteiger partial charge in [0.25, 0.3) is 0 Å². The molecule has 9 aromatic carbocycles. The first-order chi connectivity index (χ1) is 28.8. The Labute approximate surface area is 332 Å². The van der Waals surface area contributed by atoms with Gasteiger partial charge < -0.3 is 18.0 Å². The summed E-state index contributed by atoms with van der Waals surface area (Å²) in [6, 6.07) is 69.4. The topological polar surface area (TPSA) is 36.1 Å². The molecule has 13 aromatic rings. The number of rotatable bonds is 4. The van der Waals surface area contributed by atoms with Gasteiger partial charge in [0.2, 0.25) is 0 Å². The largest absolute Gasteiger partial charge is 0.455 e. The van der Waals surface area contributed by atoms with Gasteiger partial charge in [0.15, 0.2) is 0 Å². The maximum absolute atomic E-state index is 6.75. The van der Waals surface area contributed by atoms with Crippen LogP contribution >= 0.6 is 0 Å². The van der Waals surface area contributed by atoms with Crippen LogP contribution in [0.4, 0.5) is 0 Å². The van der Waals surface area contributed by atoms with Gasteiger partial charge in [-0.25, -0.2) is 0 Å². The van der Waals surface area contributed by atoms with Crippen molar-refractivity contribution in [1.82, 2.24) is 9.13 Å². The van der Waals surface area contributed by atoms with Gasteiger partial charge in [-0.15, -0.1) is 0 Å². The van der Waals surface area contributed by atoms with E-state index in [4.69, 9.17) is 8.83 Å². The minimum atomic E-state index is 0.816. The third-order valence-electron chi connectivity index (χ3n) is 12.1. The van der Waals surface area contributed by atoms with Crippen molar-refractivity contribution in [1.29, 1.82) is 0 Å². The summed E-state index contributed by atoms with van der Waals surface area (Å²) in [4.78, 5) is 0. The Morgan fingerprint density at radius 1 is 0.293 bits per heavy atom. The lowest BCUT2D eigenvalue weighted by Gasteiger charge is -2.08. The SMILES string of the molecule is c1ccc(-n2c3ccccc3c3cc(-c4ccc5oc6c(ccc7oc8c(-c9ccc%10c(c9)c9ccccc9n%10-c9ccccc9)cccc8c76)c5c4)ccc32)cc1. The van der Waals surface area contributed by atoms with Crippen LogP contribution in [0.15, 0.2) is 203 Å². The van der Waals surface area contributed by atoms with E-state index in [1.54, 1.807) is 0 Å². The summed E-state index contributed by atoms with van der Waals surface area (Å²) in [7, 11) is 0. The quantitative estimate of drug-likeness (QED) is 0.180. The number of hydrogen-bond donors (Lipinski definition) is 0. The fourth-order valence-corrected chi connectivity index (χ4v) is 9.53. The second-order valence-electron chi connectivity index (χ2n) is 15.3. The maximum Gasteiger partial charge on any atom is 0.147 e. The number of furan rings is 2. The van der Waals surface area contributed by atoms with Crippen LogP contribution in [-0.4, -0.2) is 9.13 Å². The van der Waals surface area contributed by atoms with Crippen LogP contribution in [0.3, 0.4) is 0 Å². The van der Waals surface area contributed by atoms with Crippen LogP contribution in [0.25, 0.3) is 121 Å². The number of hydrogen-bond acceptors (Lipinski definition) is 2. The summed E-state index contributed by atoms with van der Waals surface area (Å²) in [5, 5.41) is 9.13. The van der Waals surface area contributed by atoms with Crippen LogP contribution in [0, 0.1) is 0 Å². The summed E-state index contributed by atoms with van der Waals surface area (Å²) in [5.41, 5.74) is 14.9. The Bertz CT molecular complexity index is 3790. The number of para-hydroxylation sites is 5. The molecular formula is C54H32N2O2. The molecule has 270 valence electrons. The van der Waals surface area contributed by atoms with Crippen molar-refractivity contribution in [3.8, 4) is 33.6 Å². The molecule has 0 atom stereocenters. The van der Waals surface area contributed by atoms with Crippen LogP contribution < -0.4 is 0 Å². The van der Waals surface area contributed by atoms with Gasteiger partial charge in [-0.3, -0.25) is 0 Å². The molecule has 0 unspecified atom stereocenters. The molecule has 0 saturated carbocycles. The highest BCUT2D eigenvalue weighted by molar-refractivity contribution is 6.24. The second-order valence-corrected chi connectivity index (χ2v) is 15.3.